The van der Waals surface area contributed by atoms with Crippen molar-refractivity contribution < 1.29 is 4.80 Å². The molecule has 0 aliphatic heterocycles. The first kappa shape index (κ1) is 12.2. The lowest BCUT2D eigenvalue weighted by Gasteiger charge is -2.01. The minimum absolute atomic E-state index is 0.917. The first-order valence-electron chi connectivity index (χ1n) is 5.70. The van der Waals surface area contributed by atoms with Gasteiger partial charge in [-0.3, -0.25) is 0 Å². The van der Waals surface area contributed by atoms with Gasteiger partial charge in [-0.25, -0.2) is 0 Å². The molecule has 1 aromatic rings. The molecule has 1 unspecified atom stereocenters. The van der Waals surface area contributed by atoms with Crippen LogP contribution in [-0.2, 0) is 6.42 Å². The first-order chi connectivity index (χ1) is 7.33. The zero-order valence-electron chi connectivity index (χ0n) is 9.39. The van der Waals surface area contributed by atoms with Crippen molar-refractivity contribution in [2.45, 2.75) is 31.9 Å². The Hall–Kier alpha value is -0.863. The highest BCUT2D eigenvalue weighted by Crippen LogP contribution is 2.03. The Labute approximate surface area is 94.2 Å². The van der Waals surface area contributed by atoms with Gasteiger partial charge in [0.25, 0.3) is 0 Å². The summed E-state index contributed by atoms with van der Waals surface area (Å²) >= 11 is 0. The van der Waals surface area contributed by atoms with E-state index in [0.717, 1.165) is 24.9 Å². The van der Waals surface area contributed by atoms with Crippen molar-refractivity contribution >= 4 is 9.04 Å². The van der Waals surface area contributed by atoms with E-state index in [1.807, 2.05) is 6.07 Å². The zero-order valence-corrected chi connectivity index (χ0v) is 10.5. The van der Waals surface area contributed by atoms with Gasteiger partial charge in [-0.05, 0) is 24.1 Å². The van der Waals surface area contributed by atoms with Crippen LogP contribution in [0.15, 0.2) is 42.5 Å². The highest BCUT2D eigenvalue weighted by Gasteiger charge is 2.01. The molecule has 0 amide bonds. The summed E-state index contributed by atoms with van der Waals surface area (Å²) < 4.78 is 0. The fourth-order valence-electron chi connectivity index (χ4n) is 1.54. The second-order valence-electron chi connectivity index (χ2n) is 3.84. The Balaban J connectivity index is 2.22. The Morgan fingerprint density at radius 1 is 1.20 bits per heavy atom. The summed E-state index contributed by atoms with van der Waals surface area (Å²) in [5, 5.41) is 0. The molecule has 1 N–H and O–H groups in total. The van der Waals surface area contributed by atoms with Gasteiger partial charge in [0, 0.05) is 0 Å². The molecular formula is C13H20OSi. The van der Waals surface area contributed by atoms with Crippen LogP contribution < -0.4 is 0 Å². The van der Waals surface area contributed by atoms with Gasteiger partial charge in [0.05, 0.1) is 0 Å². The molecule has 0 bridgehead atoms. The second-order valence-corrected chi connectivity index (χ2v) is 6.20. The van der Waals surface area contributed by atoms with E-state index in [-0.39, 0.29) is 0 Å². The standard InChI is InChI=1S/C13H20OSi/c1-2-11-15(14)12-7-6-10-13-8-4-3-5-9-13/h3-9,14-15H,2,10-12H2,1H3. The largest absolute Gasteiger partial charge is 0.434 e. The molecule has 0 heterocycles. The number of rotatable bonds is 6. The van der Waals surface area contributed by atoms with Gasteiger partial charge in [-0.1, -0.05) is 55.8 Å². The Kier molecular flexibility index (Phi) is 6.05. The number of hydrogen-bond acceptors (Lipinski definition) is 1. The molecule has 0 aliphatic carbocycles. The van der Waals surface area contributed by atoms with Gasteiger partial charge in [0.2, 0.25) is 0 Å². The fraction of sp³-hybridized carbons (Fsp3) is 0.385. The lowest BCUT2D eigenvalue weighted by atomic mass is 10.1. The molecule has 2 heteroatoms. The highest BCUT2D eigenvalue weighted by atomic mass is 28.3. The van der Waals surface area contributed by atoms with Crippen LogP contribution in [0.3, 0.4) is 0 Å². The van der Waals surface area contributed by atoms with Crippen molar-refractivity contribution in [3.63, 3.8) is 0 Å². The number of hydrogen-bond donors (Lipinski definition) is 1. The molecule has 1 aromatic carbocycles. The molecule has 0 aliphatic rings. The maximum atomic E-state index is 9.63. The fourth-order valence-corrected chi connectivity index (χ4v) is 2.95. The average molecular weight is 220 g/mol. The molecule has 0 spiro atoms. The van der Waals surface area contributed by atoms with Crippen LogP contribution in [0.2, 0.25) is 12.1 Å². The van der Waals surface area contributed by atoms with Crippen molar-refractivity contribution in [1.29, 1.82) is 0 Å². The van der Waals surface area contributed by atoms with Gasteiger partial charge in [-0.15, -0.1) is 0 Å². The molecule has 82 valence electrons. The van der Waals surface area contributed by atoms with Crippen molar-refractivity contribution in [3.8, 4) is 0 Å². The van der Waals surface area contributed by atoms with E-state index >= 15 is 0 Å². The summed E-state index contributed by atoms with van der Waals surface area (Å²) in [7, 11) is -1.41. The second kappa shape index (κ2) is 7.43. The van der Waals surface area contributed by atoms with Crippen LogP contribution in [0.5, 0.6) is 0 Å². The van der Waals surface area contributed by atoms with Gasteiger partial charge in [-0.2, -0.15) is 0 Å². The van der Waals surface area contributed by atoms with Crippen LogP contribution in [0, 0.1) is 0 Å². The van der Waals surface area contributed by atoms with Crippen molar-refractivity contribution in [3.05, 3.63) is 48.0 Å². The lowest BCUT2D eigenvalue weighted by Crippen LogP contribution is -2.08. The van der Waals surface area contributed by atoms with E-state index in [4.69, 9.17) is 0 Å². The summed E-state index contributed by atoms with van der Waals surface area (Å²) in [4.78, 5) is 9.63. The minimum atomic E-state index is -1.41. The van der Waals surface area contributed by atoms with Crippen LogP contribution in [0.25, 0.3) is 0 Å². The smallest absolute Gasteiger partial charge is 0.176 e. The molecule has 0 saturated heterocycles. The summed E-state index contributed by atoms with van der Waals surface area (Å²) in [6.45, 7) is 2.13. The Bertz CT molecular complexity index is 282. The molecule has 1 nitrogen and oxygen atoms in total. The first-order valence-corrected chi connectivity index (χ1v) is 7.85. The van der Waals surface area contributed by atoms with E-state index in [1.165, 1.54) is 5.56 Å². The monoisotopic (exact) mass is 220 g/mol. The van der Waals surface area contributed by atoms with Crippen LogP contribution in [-0.4, -0.2) is 13.8 Å². The van der Waals surface area contributed by atoms with E-state index < -0.39 is 9.04 Å². The van der Waals surface area contributed by atoms with E-state index in [2.05, 4.69) is 43.3 Å². The van der Waals surface area contributed by atoms with E-state index in [1.54, 1.807) is 0 Å². The predicted octanol–water partition coefficient (Wildman–Crippen LogP) is 2.91. The SMILES string of the molecule is CCC[SiH](O)CC=CCc1ccccc1. The summed E-state index contributed by atoms with van der Waals surface area (Å²) in [5.41, 5.74) is 1.33. The maximum absolute atomic E-state index is 9.63. The quantitative estimate of drug-likeness (QED) is 0.577. The minimum Gasteiger partial charge on any atom is -0.434 e. The molecular weight excluding hydrogens is 200 g/mol. The summed E-state index contributed by atoms with van der Waals surface area (Å²) in [6.07, 6.45) is 6.40. The summed E-state index contributed by atoms with van der Waals surface area (Å²) in [6, 6.07) is 12.4. The highest BCUT2D eigenvalue weighted by molar-refractivity contribution is 6.50. The van der Waals surface area contributed by atoms with Crippen molar-refractivity contribution in [2.24, 2.45) is 0 Å². The van der Waals surface area contributed by atoms with Gasteiger partial charge in [0.15, 0.2) is 9.04 Å². The van der Waals surface area contributed by atoms with E-state index in [0.29, 0.717) is 0 Å². The van der Waals surface area contributed by atoms with E-state index in [9.17, 15) is 4.80 Å². The topological polar surface area (TPSA) is 20.2 Å². The van der Waals surface area contributed by atoms with Crippen molar-refractivity contribution in [1.82, 2.24) is 0 Å². The molecule has 15 heavy (non-hydrogen) atoms. The molecule has 0 radical (unpaired) electrons. The molecule has 0 saturated carbocycles. The predicted molar refractivity (Wildman–Crippen MR) is 68.6 cm³/mol. The molecule has 1 rings (SSSR count). The lowest BCUT2D eigenvalue weighted by molar-refractivity contribution is 0.569. The normalized spacial score (nSPS) is 13.2. The van der Waals surface area contributed by atoms with Gasteiger partial charge >= 0.3 is 0 Å². The molecule has 0 aromatic heterocycles. The number of allylic oxidation sites excluding steroid dienone is 2. The number of benzene rings is 1. The van der Waals surface area contributed by atoms with Crippen LogP contribution >= 0.6 is 0 Å². The van der Waals surface area contributed by atoms with Gasteiger partial charge < -0.3 is 4.80 Å². The molecule has 1 atom stereocenters. The summed E-state index contributed by atoms with van der Waals surface area (Å²) in [5.74, 6) is 0. The third kappa shape index (κ3) is 5.55. The van der Waals surface area contributed by atoms with Crippen molar-refractivity contribution in [2.75, 3.05) is 0 Å². The van der Waals surface area contributed by atoms with Gasteiger partial charge in [0.1, 0.15) is 0 Å². The third-order valence-electron chi connectivity index (χ3n) is 2.39. The zero-order chi connectivity index (χ0) is 10.9. The Morgan fingerprint density at radius 2 is 1.93 bits per heavy atom. The van der Waals surface area contributed by atoms with Crippen LogP contribution in [0.1, 0.15) is 18.9 Å². The Morgan fingerprint density at radius 3 is 2.60 bits per heavy atom. The third-order valence-corrected chi connectivity index (χ3v) is 4.45. The molecule has 0 fully saturated rings. The average Bonchev–Trinajstić information content (AvgIpc) is 2.26. The maximum Gasteiger partial charge on any atom is 0.176 e. The van der Waals surface area contributed by atoms with Crippen LogP contribution in [0.4, 0.5) is 0 Å².